The second kappa shape index (κ2) is 4.35. The predicted molar refractivity (Wildman–Crippen MR) is 61.0 cm³/mol. The lowest BCUT2D eigenvalue weighted by molar-refractivity contribution is 0.0777. The summed E-state index contributed by atoms with van der Waals surface area (Å²) in [5, 5.41) is 4.98. The molecule has 1 aliphatic rings. The highest BCUT2D eigenvalue weighted by Crippen LogP contribution is 2.19. The van der Waals surface area contributed by atoms with Gasteiger partial charge in [0.2, 0.25) is 0 Å². The number of hydrogen-bond acceptors (Lipinski definition) is 2. The summed E-state index contributed by atoms with van der Waals surface area (Å²) in [4.78, 5) is 13.9. The lowest BCUT2D eigenvalue weighted by atomic mass is 10.2. The first kappa shape index (κ1) is 10.7. The molecule has 1 aliphatic heterocycles. The van der Waals surface area contributed by atoms with Crippen LogP contribution < -0.4 is 0 Å². The number of amides is 1. The van der Waals surface area contributed by atoms with E-state index in [1.807, 2.05) is 4.90 Å². The summed E-state index contributed by atoms with van der Waals surface area (Å²) in [6.07, 6.45) is 2.75. The molecule has 2 heterocycles. The second-order valence-electron chi connectivity index (χ2n) is 3.90. The largest absolute Gasteiger partial charge is 0.337 e. The van der Waals surface area contributed by atoms with E-state index >= 15 is 0 Å². The molecular formula is C10H14BrN3O. The first-order chi connectivity index (χ1) is 7.22. The van der Waals surface area contributed by atoms with Gasteiger partial charge in [-0.15, -0.1) is 0 Å². The molecule has 1 amide bonds. The third-order valence-corrected chi connectivity index (χ3v) is 3.75. The molecule has 2 rings (SSSR count). The summed E-state index contributed by atoms with van der Waals surface area (Å²) in [6.45, 7) is 1.72. The van der Waals surface area contributed by atoms with Crippen LogP contribution in [0.5, 0.6) is 0 Å². The van der Waals surface area contributed by atoms with Gasteiger partial charge < -0.3 is 4.90 Å². The molecule has 1 aromatic heterocycles. The number of alkyl halides is 1. The number of carbonyl (C=O) groups excluding carboxylic acids is 1. The van der Waals surface area contributed by atoms with Gasteiger partial charge in [0.15, 0.2) is 0 Å². The molecule has 1 atom stereocenters. The van der Waals surface area contributed by atoms with Gasteiger partial charge in [0, 0.05) is 31.7 Å². The van der Waals surface area contributed by atoms with Crippen LogP contribution in [0.1, 0.15) is 16.9 Å². The van der Waals surface area contributed by atoms with Crippen LogP contribution >= 0.6 is 15.9 Å². The van der Waals surface area contributed by atoms with E-state index in [0.717, 1.165) is 24.8 Å². The number of rotatable bonds is 2. The zero-order valence-electron chi connectivity index (χ0n) is 8.69. The molecule has 1 fully saturated rings. The molecule has 1 saturated heterocycles. The van der Waals surface area contributed by atoms with Gasteiger partial charge in [-0.3, -0.25) is 9.48 Å². The van der Waals surface area contributed by atoms with E-state index < -0.39 is 0 Å². The topological polar surface area (TPSA) is 38.1 Å². The monoisotopic (exact) mass is 271 g/mol. The van der Waals surface area contributed by atoms with Crippen molar-refractivity contribution in [1.82, 2.24) is 14.7 Å². The van der Waals surface area contributed by atoms with Crippen LogP contribution in [0.2, 0.25) is 0 Å². The smallest absolute Gasteiger partial charge is 0.272 e. The first-order valence-electron chi connectivity index (χ1n) is 5.05. The molecule has 1 unspecified atom stereocenters. The Balaban J connectivity index is 2.07. The van der Waals surface area contributed by atoms with Crippen LogP contribution in [-0.4, -0.2) is 39.0 Å². The second-order valence-corrected chi connectivity index (χ2v) is 4.55. The summed E-state index contributed by atoms with van der Waals surface area (Å²) in [6, 6.07) is 1.77. The zero-order valence-corrected chi connectivity index (χ0v) is 10.3. The highest BCUT2D eigenvalue weighted by molar-refractivity contribution is 9.09. The number of carbonyl (C=O) groups is 1. The van der Waals surface area contributed by atoms with Crippen LogP contribution in [0.25, 0.3) is 0 Å². The maximum absolute atomic E-state index is 12.0. The molecule has 0 saturated carbocycles. The number of nitrogens with zero attached hydrogens (tertiary/aromatic N) is 3. The summed E-state index contributed by atoms with van der Waals surface area (Å²) < 4.78 is 1.63. The van der Waals surface area contributed by atoms with Crippen molar-refractivity contribution in [3.05, 3.63) is 18.0 Å². The molecule has 0 aliphatic carbocycles. The quantitative estimate of drug-likeness (QED) is 0.761. The molecule has 0 spiro atoms. The van der Waals surface area contributed by atoms with Crippen LogP contribution in [0.4, 0.5) is 0 Å². The van der Waals surface area contributed by atoms with E-state index in [9.17, 15) is 4.79 Å². The van der Waals surface area contributed by atoms with Crippen molar-refractivity contribution in [3.8, 4) is 0 Å². The highest BCUT2D eigenvalue weighted by Gasteiger charge is 2.27. The van der Waals surface area contributed by atoms with E-state index in [1.165, 1.54) is 0 Å². The van der Waals surface area contributed by atoms with Crippen molar-refractivity contribution in [2.45, 2.75) is 6.42 Å². The molecule has 82 valence electrons. The summed E-state index contributed by atoms with van der Waals surface area (Å²) in [5.74, 6) is 0.695. The van der Waals surface area contributed by atoms with Gasteiger partial charge in [-0.2, -0.15) is 5.10 Å². The average Bonchev–Trinajstić information content (AvgIpc) is 2.84. The van der Waals surface area contributed by atoms with Crippen LogP contribution in [-0.2, 0) is 7.05 Å². The molecule has 0 N–H and O–H groups in total. The number of aryl methyl sites for hydroxylation is 1. The summed E-state index contributed by atoms with van der Waals surface area (Å²) >= 11 is 3.46. The van der Waals surface area contributed by atoms with Crippen molar-refractivity contribution in [2.75, 3.05) is 18.4 Å². The Bertz CT molecular complexity index is 363. The fraction of sp³-hybridized carbons (Fsp3) is 0.600. The van der Waals surface area contributed by atoms with Crippen LogP contribution in [0.15, 0.2) is 12.3 Å². The Morgan fingerprint density at radius 3 is 3.07 bits per heavy atom. The van der Waals surface area contributed by atoms with E-state index in [2.05, 4.69) is 21.0 Å². The van der Waals surface area contributed by atoms with Gasteiger partial charge in [0.05, 0.1) is 0 Å². The minimum Gasteiger partial charge on any atom is -0.337 e. The van der Waals surface area contributed by atoms with Crippen molar-refractivity contribution >= 4 is 21.8 Å². The van der Waals surface area contributed by atoms with Gasteiger partial charge in [0.25, 0.3) is 5.91 Å². The fourth-order valence-electron chi connectivity index (χ4n) is 1.89. The van der Waals surface area contributed by atoms with Gasteiger partial charge >= 0.3 is 0 Å². The van der Waals surface area contributed by atoms with E-state index in [4.69, 9.17) is 0 Å². The summed E-state index contributed by atoms with van der Waals surface area (Å²) in [7, 11) is 1.80. The minimum atomic E-state index is 0.0958. The third-order valence-electron chi connectivity index (χ3n) is 2.83. The molecule has 0 radical (unpaired) electrons. The zero-order chi connectivity index (χ0) is 10.8. The van der Waals surface area contributed by atoms with Crippen molar-refractivity contribution < 1.29 is 4.79 Å². The normalized spacial score (nSPS) is 20.9. The molecule has 0 bridgehead atoms. The third kappa shape index (κ3) is 2.07. The van der Waals surface area contributed by atoms with Gasteiger partial charge in [0.1, 0.15) is 5.69 Å². The fourth-order valence-corrected chi connectivity index (χ4v) is 2.42. The molecule has 5 heteroatoms. The average molecular weight is 272 g/mol. The van der Waals surface area contributed by atoms with Crippen molar-refractivity contribution in [1.29, 1.82) is 0 Å². The molecule has 4 nitrogen and oxygen atoms in total. The molecule has 0 aromatic carbocycles. The lowest BCUT2D eigenvalue weighted by Crippen LogP contribution is -2.30. The maximum atomic E-state index is 12.0. The van der Waals surface area contributed by atoms with Gasteiger partial charge in [-0.05, 0) is 18.4 Å². The van der Waals surface area contributed by atoms with Crippen LogP contribution in [0.3, 0.4) is 0 Å². The highest BCUT2D eigenvalue weighted by atomic mass is 79.9. The Morgan fingerprint density at radius 2 is 2.53 bits per heavy atom. The number of aromatic nitrogens is 2. The minimum absolute atomic E-state index is 0.0958. The van der Waals surface area contributed by atoms with Crippen LogP contribution in [0, 0.1) is 5.92 Å². The number of halogens is 1. The standard InChI is InChI=1S/C10H14BrN3O/c1-13-9(2-4-12-13)10(15)14-5-3-8(6-11)7-14/h2,4,8H,3,5-7H2,1H3. The molecule has 15 heavy (non-hydrogen) atoms. The van der Waals surface area contributed by atoms with E-state index in [1.54, 1.807) is 24.0 Å². The summed E-state index contributed by atoms with van der Waals surface area (Å²) in [5.41, 5.74) is 0.672. The maximum Gasteiger partial charge on any atom is 0.272 e. The SMILES string of the molecule is Cn1nccc1C(=O)N1CCC(CBr)C1. The number of hydrogen-bond donors (Lipinski definition) is 0. The Morgan fingerprint density at radius 1 is 1.73 bits per heavy atom. The van der Waals surface area contributed by atoms with E-state index in [-0.39, 0.29) is 5.91 Å². The van der Waals surface area contributed by atoms with Gasteiger partial charge in [-0.25, -0.2) is 0 Å². The van der Waals surface area contributed by atoms with Gasteiger partial charge in [-0.1, -0.05) is 15.9 Å². The van der Waals surface area contributed by atoms with Crippen molar-refractivity contribution in [3.63, 3.8) is 0 Å². The molecular weight excluding hydrogens is 258 g/mol. The number of likely N-dealkylation sites (tertiary alicyclic amines) is 1. The molecule has 1 aromatic rings. The Kier molecular flexibility index (Phi) is 3.09. The van der Waals surface area contributed by atoms with Crippen molar-refractivity contribution in [2.24, 2.45) is 13.0 Å². The lowest BCUT2D eigenvalue weighted by Gasteiger charge is -2.15. The Labute approximate surface area is 97.4 Å². The predicted octanol–water partition coefficient (Wildman–Crippen LogP) is 1.28. The first-order valence-corrected chi connectivity index (χ1v) is 6.17. The van der Waals surface area contributed by atoms with E-state index in [0.29, 0.717) is 11.6 Å². The Hall–Kier alpha value is -0.840.